The number of hydrogen-bond acceptors (Lipinski definition) is 5. The van der Waals surface area contributed by atoms with Crippen molar-refractivity contribution < 1.29 is 23.7 Å². The van der Waals surface area contributed by atoms with Gasteiger partial charge >= 0.3 is 0 Å². The number of fused-ring (bicyclic) bond motifs is 2. The third-order valence-electron chi connectivity index (χ3n) is 11.4. The molecule has 0 radical (unpaired) electrons. The van der Waals surface area contributed by atoms with E-state index in [1.165, 1.54) is 21.2 Å². The van der Waals surface area contributed by atoms with Crippen LogP contribution in [-0.2, 0) is 23.7 Å². The van der Waals surface area contributed by atoms with E-state index in [1.807, 2.05) is 0 Å². The number of rotatable bonds is 7. The van der Waals surface area contributed by atoms with Crippen LogP contribution in [0.3, 0.4) is 0 Å². The molecule has 4 aliphatic rings. The first-order valence-electron chi connectivity index (χ1n) is 18.6. The SMILES string of the molecule is CC[C@H]1O[C@@H](C)[C@H](C)[C@H]2O[C@@]3(OCCC[C@H]3P(c3ccccc3)c3ccccc3)[C@]3(OCCC[C@H]3P(c3ccccc3)c3ccccc3)O[C@@H]21. The lowest BCUT2D eigenvalue weighted by Gasteiger charge is -2.66. The van der Waals surface area contributed by atoms with Crippen LogP contribution in [0.4, 0.5) is 0 Å². The molecule has 4 fully saturated rings. The first kappa shape index (κ1) is 34.6. The van der Waals surface area contributed by atoms with Gasteiger partial charge in [-0.2, -0.15) is 0 Å². The largest absolute Gasteiger partial charge is 0.372 e. The van der Waals surface area contributed by atoms with Crippen molar-refractivity contribution in [1.82, 2.24) is 0 Å². The van der Waals surface area contributed by atoms with E-state index in [-0.39, 0.29) is 41.7 Å². The molecule has 4 aromatic carbocycles. The van der Waals surface area contributed by atoms with Crippen molar-refractivity contribution in [2.24, 2.45) is 5.92 Å². The Bertz CT molecular complexity index is 1490. The van der Waals surface area contributed by atoms with Crippen LogP contribution in [-0.4, -0.2) is 60.5 Å². The highest BCUT2D eigenvalue weighted by atomic mass is 31.1. The fourth-order valence-electron chi connectivity index (χ4n) is 8.90. The Morgan fingerprint density at radius 1 is 0.560 bits per heavy atom. The lowest BCUT2D eigenvalue weighted by Crippen LogP contribution is -2.80. The molecule has 4 aliphatic heterocycles. The van der Waals surface area contributed by atoms with E-state index >= 15 is 0 Å². The Labute approximate surface area is 300 Å². The zero-order valence-electron chi connectivity index (χ0n) is 29.5. The summed E-state index contributed by atoms with van der Waals surface area (Å²) in [7, 11) is -1.88. The van der Waals surface area contributed by atoms with E-state index in [1.54, 1.807) is 0 Å². The van der Waals surface area contributed by atoms with Gasteiger partial charge < -0.3 is 23.7 Å². The summed E-state index contributed by atoms with van der Waals surface area (Å²) in [5, 5.41) is 5.29. The molecule has 50 heavy (non-hydrogen) atoms. The summed E-state index contributed by atoms with van der Waals surface area (Å²) in [5.74, 6) is -2.17. The second-order valence-electron chi connectivity index (χ2n) is 14.2. The van der Waals surface area contributed by atoms with Crippen molar-refractivity contribution in [2.75, 3.05) is 13.2 Å². The average molecular weight is 709 g/mol. The van der Waals surface area contributed by atoms with Crippen molar-refractivity contribution in [1.29, 1.82) is 0 Å². The van der Waals surface area contributed by atoms with Gasteiger partial charge in [-0.05, 0) is 76.1 Å². The highest BCUT2D eigenvalue weighted by Gasteiger charge is 2.74. The molecular weight excluding hydrogens is 658 g/mol. The molecule has 0 amide bonds. The van der Waals surface area contributed by atoms with E-state index in [4.69, 9.17) is 23.7 Å². The van der Waals surface area contributed by atoms with Crippen LogP contribution in [0.2, 0.25) is 0 Å². The minimum Gasteiger partial charge on any atom is -0.372 e. The first-order valence-corrected chi connectivity index (χ1v) is 21.5. The quantitative estimate of drug-likeness (QED) is 0.185. The van der Waals surface area contributed by atoms with Gasteiger partial charge in [0.25, 0.3) is 0 Å². The maximum absolute atomic E-state index is 7.89. The summed E-state index contributed by atoms with van der Waals surface area (Å²) >= 11 is 0. The van der Waals surface area contributed by atoms with E-state index < -0.39 is 27.4 Å². The van der Waals surface area contributed by atoms with Gasteiger partial charge in [-0.15, -0.1) is 0 Å². The van der Waals surface area contributed by atoms with Gasteiger partial charge in [0.15, 0.2) is 0 Å². The van der Waals surface area contributed by atoms with Crippen LogP contribution in [0.15, 0.2) is 121 Å². The van der Waals surface area contributed by atoms with E-state index in [9.17, 15) is 0 Å². The zero-order chi connectivity index (χ0) is 34.1. The third-order valence-corrected chi connectivity index (χ3v) is 17.2. The monoisotopic (exact) mass is 708 g/mol. The number of ether oxygens (including phenoxy) is 5. The average Bonchev–Trinajstić information content (AvgIpc) is 3.17. The predicted octanol–water partition coefficient (Wildman–Crippen LogP) is 7.62. The summed E-state index contributed by atoms with van der Waals surface area (Å²) in [6, 6.07) is 44.2. The Balaban J connectivity index is 1.38. The predicted molar refractivity (Wildman–Crippen MR) is 205 cm³/mol. The summed E-state index contributed by atoms with van der Waals surface area (Å²) in [5.41, 5.74) is -0.0282. The molecule has 9 atom stereocenters. The molecule has 2 spiro atoms. The van der Waals surface area contributed by atoms with Crippen LogP contribution in [0.25, 0.3) is 0 Å². The van der Waals surface area contributed by atoms with Crippen LogP contribution in [0.1, 0.15) is 52.9 Å². The standard InChI is InChI=1S/C43H50O5P2/c1-4-37-41-40(31(2)32(3)46-37)47-42(38(27-17-29-44-42)49(33-19-9-5-10-20-33)34-21-11-6-12-22-34)43(48-41)39(28-18-30-45-43)50(35-23-13-7-14-24-35)36-25-15-8-16-26-36/h5-16,19-26,31-32,37-41H,4,17-18,27-30H2,1-3H3/t31-,32-,37+,38+,39+,40+,41+,42+,43+/m0/s1. The lowest BCUT2D eigenvalue weighted by molar-refractivity contribution is -0.494. The smallest absolute Gasteiger partial charge is 0.232 e. The molecular formula is C43H50O5P2. The van der Waals surface area contributed by atoms with Gasteiger partial charge in [-0.1, -0.05) is 135 Å². The minimum atomic E-state index is -1.16. The molecule has 0 unspecified atom stereocenters. The molecule has 4 heterocycles. The van der Waals surface area contributed by atoms with Crippen molar-refractivity contribution in [3.05, 3.63) is 121 Å². The molecule has 0 aromatic heterocycles. The zero-order valence-corrected chi connectivity index (χ0v) is 31.3. The van der Waals surface area contributed by atoms with Crippen molar-refractivity contribution in [3.8, 4) is 0 Å². The van der Waals surface area contributed by atoms with Crippen LogP contribution >= 0.6 is 15.8 Å². The molecule has 7 heteroatoms. The molecule has 0 N–H and O–H groups in total. The Morgan fingerprint density at radius 2 is 0.940 bits per heavy atom. The van der Waals surface area contributed by atoms with E-state index in [0.717, 1.165) is 32.1 Å². The molecule has 0 aliphatic carbocycles. The molecule has 0 bridgehead atoms. The fourth-order valence-corrected chi connectivity index (χ4v) is 15.1. The molecule has 0 saturated carbocycles. The highest BCUT2D eigenvalue weighted by Crippen LogP contribution is 2.64. The van der Waals surface area contributed by atoms with Crippen molar-refractivity contribution in [3.63, 3.8) is 0 Å². The lowest BCUT2D eigenvalue weighted by atomic mass is 9.82. The first-order chi connectivity index (χ1) is 24.6. The maximum Gasteiger partial charge on any atom is 0.232 e. The Hall–Kier alpha value is -2.46. The molecule has 8 rings (SSSR count). The topological polar surface area (TPSA) is 46.2 Å². The summed E-state index contributed by atoms with van der Waals surface area (Å²) < 4.78 is 37.3. The normalized spacial score (nSPS) is 34.2. The number of benzene rings is 4. The van der Waals surface area contributed by atoms with Crippen molar-refractivity contribution in [2.45, 2.75) is 100 Å². The molecule has 4 saturated heterocycles. The van der Waals surface area contributed by atoms with Gasteiger partial charge in [0.2, 0.25) is 11.6 Å². The summed E-state index contributed by atoms with van der Waals surface area (Å²) in [6.45, 7) is 7.86. The van der Waals surface area contributed by atoms with Gasteiger partial charge in [-0.3, -0.25) is 0 Å². The van der Waals surface area contributed by atoms with Gasteiger partial charge in [0.05, 0.1) is 31.5 Å². The van der Waals surface area contributed by atoms with E-state index in [2.05, 4.69) is 142 Å². The van der Waals surface area contributed by atoms with Crippen molar-refractivity contribution >= 4 is 37.1 Å². The second-order valence-corrected chi connectivity index (χ2v) is 19.0. The van der Waals surface area contributed by atoms with Crippen LogP contribution in [0, 0.1) is 5.92 Å². The maximum atomic E-state index is 7.89. The summed E-state index contributed by atoms with van der Waals surface area (Å²) in [4.78, 5) is 0. The molecule has 262 valence electrons. The van der Waals surface area contributed by atoms with Crippen LogP contribution in [0.5, 0.6) is 0 Å². The second kappa shape index (κ2) is 14.9. The minimum absolute atomic E-state index is 0.00794. The summed E-state index contributed by atoms with van der Waals surface area (Å²) in [6.07, 6.45) is 4.14. The Kier molecular flexibility index (Phi) is 10.3. The van der Waals surface area contributed by atoms with Crippen LogP contribution < -0.4 is 21.2 Å². The fraction of sp³-hybridized carbons (Fsp3) is 0.442. The van der Waals surface area contributed by atoms with E-state index in [0.29, 0.717) is 13.2 Å². The Morgan fingerprint density at radius 3 is 1.32 bits per heavy atom. The number of hydrogen-bond donors (Lipinski definition) is 0. The van der Waals surface area contributed by atoms with Gasteiger partial charge in [0.1, 0.15) is 6.10 Å². The van der Waals surface area contributed by atoms with Gasteiger partial charge in [0, 0.05) is 17.2 Å². The third kappa shape index (κ3) is 6.02. The molecule has 5 nitrogen and oxygen atoms in total. The highest BCUT2D eigenvalue weighted by molar-refractivity contribution is 7.74. The molecule has 4 aromatic rings. The van der Waals surface area contributed by atoms with Gasteiger partial charge in [-0.25, -0.2) is 0 Å².